The first-order chi connectivity index (χ1) is 9.83. The van der Waals surface area contributed by atoms with Gasteiger partial charge in [0.1, 0.15) is 17.5 Å². The highest BCUT2D eigenvalue weighted by Crippen LogP contribution is 2.21. The Balaban J connectivity index is 1.93. The lowest BCUT2D eigenvalue weighted by molar-refractivity contribution is 0.00775. The SMILES string of the molecule is Cc1cccc(O[C@H]2CCCN(C(=O)OC(C)(C)C)C2)c1. The second-order valence-electron chi connectivity index (χ2n) is 6.62. The van der Waals surface area contributed by atoms with Gasteiger partial charge in [-0.05, 0) is 58.2 Å². The maximum Gasteiger partial charge on any atom is 0.410 e. The van der Waals surface area contributed by atoms with Crippen molar-refractivity contribution in [1.82, 2.24) is 4.90 Å². The summed E-state index contributed by atoms with van der Waals surface area (Å²) in [4.78, 5) is 13.9. The van der Waals surface area contributed by atoms with Crippen LogP contribution in [0.5, 0.6) is 5.75 Å². The predicted octanol–water partition coefficient (Wildman–Crippen LogP) is 3.77. The number of hydrogen-bond donors (Lipinski definition) is 0. The number of carbonyl (C=O) groups excluding carboxylic acids is 1. The van der Waals surface area contributed by atoms with E-state index in [1.54, 1.807) is 4.90 Å². The number of rotatable bonds is 2. The van der Waals surface area contributed by atoms with E-state index in [2.05, 4.69) is 0 Å². The van der Waals surface area contributed by atoms with Gasteiger partial charge in [-0.3, -0.25) is 0 Å². The molecule has 4 nitrogen and oxygen atoms in total. The monoisotopic (exact) mass is 291 g/mol. The van der Waals surface area contributed by atoms with Gasteiger partial charge < -0.3 is 14.4 Å². The summed E-state index contributed by atoms with van der Waals surface area (Å²) in [6.07, 6.45) is 1.69. The van der Waals surface area contributed by atoms with Gasteiger partial charge in [0, 0.05) is 6.54 Å². The van der Waals surface area contributed by atoms with Crippen LogP contribution in [0.3, 0.4) is 0 Å². The largest absolute Gasteiger partial charge is 0.489 e. The third-order valence-electron chi connectivity index (χ3n) is 3.32. The third kappa shape index (κ3) is 4.96. The summed E-state index contributed by atoms with van der Waals surface area (Å²) in [7, 11) is 0. The molecule has 0 saturated carbocycles. The standard InChI is InChI=1S/C17H25NO3/c1-13-7-5-8-14(11-13)20-15-9-6-10-18(12-15)16(19)21-17(2,3)4/h5,7-8,11,15H,6,9-10,12H2,1-4H3/t15-/m0/s1. The maximum absolute atomic E-state index is 12.1. The van der Waals surface area contributed by atoms with Crippen molar-refractivity contribution >= 4 is 6.09 Å². The third-order valence-corrected chi connectivity index (χ3v) is 3.32. The zero-order valence-corrected chi connectivity index (χ0v) is 13.4. The molecular formula is C17H25NO3. The van der Waals surface area contributed by atoms with Crippen LogP contribution in [-0.2, 0) is 4.74 Å². The van der Waals surface area contributed by atoms with Crippen LogP contribution in [0, 0.1) is 6.92 Å². The van der Waals surface area contributed by atoms with Crippen LogP contribution >= 0.6 is 0 Å². The van der Waals surface area contributed by atoms with E-state index in [1.807, 2.05) is 52.0 Å². The van der Waals surface area contributed by atoms with E-state index in [-0.39, 0.29) is 12.2 Å². The molecule has 116 valence electrons. The second kappa shape index (κ2) is 6.37. The summed E-state index contributed by atoms with van der Waals surface area (Å²) >= 11 is 0. The molecule has 0 radical (unpaired) electrons. The Morgan fingerprint density at radius 3 is 2.76 bits per heavy atom. The van der Waals surface area contributed by atoms with Crippen LogP contribution < -0.4 is 4.74 Å². The Hall–Kier alpha value is -1.71. The number of aryl methyl sites for hydroxylation is 1. The number of likely N-dealkylation sites (tertiary alicyclic amines) is 1. The molecule has 1 aromatic carbocycles. The number of nitrogens with zero attached hydrogens (tertiary/aromatic N) is 1. The molecule has 1 aromatic rings. The number of benzene rings is 1. The molecule has 1 heterocycles. The van der Waals surface area contributed by atoms with Gasteiger partial charge in [-0.1, -0.05) is 12.1 Å². The number of hydrogen-bond acceptors (Lipinski definition) is 3. The van der Waals surface area contributed by atoms with Crippen molar-refractivity contribution in [2.45, 2.75) is 52.2 Å². The molecule has 0 unspecified atom stereocenters. The minimum Gasteiger partial charge on any atom is -0.489 e. The minimum absolute atomic E-state index is 0.0352. The van der Waals surface area contributed by atoms with Crippen molar-refractivity contribution < 1.29 is 14.3 Å². The summed E-state index contributed by atoms with van der Waals surface area (Å²) < 4.78 is 11.4. The van der Waals surface area contributed by atoms with E-state index >= 15 is 0 Å². The Morgan fingerprint density at radius 1 is 1.33 bits per heavy atom. The molecule has 0 spiro atoms. The zero-order valence-electron chi connectivity index (χ0n) is 13.4. The molecule has 1 amide bonds. The fourth-order valence-electron chi connectivity index (χ4n) is 2.41. The fourth-order valence-corrected chi connectivity index (χ4v) is 2.41. The minimum atomic E-state index is -0.457. The highest BCUT2D eigenvalue weighted by molar-refractivity contribution is 5.68. The van der Waals surface area contributed by atoms with Crippen LogP contribution in [-0.4, -0.2) is 35.8 Å². The lowest BCUT2D eigenvalue weighted by atomic mass is 10.1. The highest BCUT2D eigenvalue weighted by Gasteiger charge is 2.28. The Kier molecular flexibility index (Phi) is 4.76. The summed E-state index contributed by atoms with van der Waals surface area (Å²) in [5, 5.41) is 0. The van der Waals surface area contributed by atoms with Gasteiger partial charge in [-0.25, -0.2) is 4.79 Å². The maximum atomic E-state index is 12.1. The molecule has 1 aliphatic heterocycles. The van der Waals surface area contributed by atoms with Crippen LogP contribution in [0.25, 0.3) is 0 Å². The molecule has 1 saturated heterocycles. The Labute approximate surface area is 127 Å². The van der Waals surface area contributed by atoms with Crippen molar-refractivity contribution in [2.24, 2.45) is 0 Å². The molecule has 1 fully saturated rings. The zero-order chi connectivity index (χ0) is 15.5. The van der Waals surface area contributed by atoms with Gasteiger partial charge >= 0.3 is 6.09 Å². The van der Waals surface area contributed by atoms with Crippen molar-refractivity contribution in [3.63, 3.8) is 0 Å². The highest BCUT2D eigenvalue weighted by atomic mass is 16.6. The first-order valence-electron chi connectivity index (χ1n) is 7.55. The van der Waals surface area contributed by atoms with Crippen LogP contribution in [0.1, 0.15) is 39.2 Å². The average Bonchev–Trinajstić information content (AvgIpc) is 2.37. The number of ether oxygens (including phenoxy) is 2. The van der Waals surface area contributed by atoms with E-state index in [0.29, 0.717) is 6.54 Å². The van der Waals surface area contributed by atoms with Crippen LogP contribution in [0.4, 0.5) is 4.79 Å². The fraction of sp³-hybridized carbons (Fsp3) is 0.588. The first kappa shape index (κ1) is 15.7. The van der Waals surface area contributed by atoms with E-state index < -0.39 is 5.60 Å². The second-order valence-corrected chi connectivity index (χ2v) is 6.62. The van der Waals surface area contributed by atoms with Crippen molar-refractivity contribution in [1.29, 1.82) is 0 Å². The number of amides is 1. The normalized spacial score (nSPS) is 19.2. The van der Waals surface area contributed by atoms with Gasteiger partial charge in [0.15, 0.2) is 0 Å². The van der Waals surface area contributed by atoms with Crippen molar-refractivity contribution in [3.05, 3.63) is 29.8 Å². The lowest BCUT2D eigenvalue weighted by Crippen LogP contribution is -2.46. The summed E-state index contributed by atoms with van der Waals surface area (Å²) in [6.45, 7) is 9.02. The summed E-state index contributed by atoms with van der Waals surface area (Å²) in [6, 6.07) is 8.01. The molecule has 1 aliphatic rings. The van der Waals surface area contributed by atoms with Gasteiger partial charge in [0.05, 0.1) is 6.54 Å². The number of carbonyl (C=O) groups is 1. The predicted molar refractivity (Wildman–Crippen MR) is 82.6 cm³/mol. The first-order valence-corrected chi connectivity index (χ1v) is 7.55. The smallest absolute Gasteiger partial charge is 0.410 e. The molecule has 4 heteroatoms. The molecule has 0 aromatic heterocycles. The van der Waals surface area contributed by atoms with E-state index in [1.165, 1.54) is 5.56 Å². The molecule has 0 bridgehead atoms. The quantitative estimate of drug-likeness (QED) is 0.832. The topological polar surface area (TPSA) is 38.8 Å². The molecule has 0 N–H and O–H groups in total. The summed E-state index contributed by atoms with van der Waals surface area (Å²) in [5.41, 5.74) is 0.717. The van der Waals surface area contributed by atoms with Gasteiger partial charge in [0.25, 0.3) is 0 Å². The molecule has 0 aliphatic carbocycles. The van der Waals surface area contributed by atoms with E-state index in [4.69, 9.17) is 9.47 Å². The van der Waals surface area contributed by atoms with Gasteiger partial charge in [-0.15, -0.1) is 0 Å². The number of piperidine rings is 1. The van der Waals surface area contributed by atoms with Crippen LogP contribution in [0.2, 0.25) is 0 Å². The van der Waals surface area contributed by atoms with Gasteiger partial charge in [0.2, 0.25) is 0 Å². The van der Waals surface area contributed by atoms with E-state index in [9.17, 15) is 4.79 Å². The van der Waals surface area contributed by atoms with Crippen molar-refractivity contribution in [3.8, 4) is 5.75 Å². The average molecular weight is 291 g/mol. The summed E-state index contributed by atoms with van der Waals surface area (Å²) in [5.74, 6) is 0.867. The van der Waals surface area contributed by atoms with Crippen molar-refractivity contribution in [2.75, 3.05) is 13.1 Å². The van der Waals surface area contributed by atoms with Gasteiger partial charge in [-0.2, -0.15) is 0 Å². The Morgan fingerprint density at radius 2 is 2.10 bits per heavy atom. The molecule has 1 atom stereocenters. The van der Waals surface area contributed by atoms with E-state index in [0.717, 1.165) is 25.1 Å². The molecular weight excluding hydrogens is 266 g/mol. The lowest BCUT2D eigenvalue weighted by Gasteiger charge is -2.34. The molecule has 2 rings (SSSR count). The molecule has 21 heavy (non-hydrogen) atoms. The van der Waals surface area contributed by atoms with Crippen LogP contribution in [0.15, 0.2) is 24.3 Å². The Bertz CT molecular complexity index is 493.